The van der Waals surface area contributed by atoms with Crippen LogP contribution in [0.5, 0.6) is 5.88 Å². The van der Waals surface area contributed by atoms with Crippen molar-refractivity contribution in [2.45, 2.75) is 32.1 Å². The van der Waals surface area contributed by atoms with Crippen molar-refractivity contribution >= 4 is 28.4 Å². The lowest BCUT2D eigenvalue weighted by Crippen LogP contribution is -2.37. The van der Waals surface area contributed by atoms with Gasteiger partial charge in [-0.2, -0.15) is 9.71 Å². The fraction of sp³-hybridized carbons (Fsp3) is 0.357. The van der Waals surface area contributed by atoms with Gasteiger partial charge >= 0.3 is 0 Å². The Hall–Kier alpha value is -4.18. The first-order valence-electron chi connectivity index (χ1n) is 13.1. The highest BCUT2D eigenvalue weighted by molar-refractivity contribution is 6.04. The number of hydrogen-bond acceptors (Lipinski definition) is 7. The Morgan fingerprint density at radius 1 is 1.13 bits per heavy atom. The zero-order chi connectivity index (χ0) is 25.9. The lowest BCUT2D eigenvalue weighted by Gasteiger charge is -2.27. The summed E-state index contributed by atoms with van der Waals surface area (Å²) in [4.78, 5) is 28.0. The van der Waals surface area contributed by atoms with Crippen LogP contribution in [0.2, 0.25) is 0 Å². The molecule has 1 aliphatic heterocycles. The van der Waals surface area contributed by atoms with Gasteiger partial charge in [0.25, 0.3) is 5.91 Å². The second-order valence-electron chi connectivity index (χ2n) is 9.61. The standard InChI is InChI=1S/C28H30N6O4/c35-27(29-19-8-9-24-22(17-19)21-6-1-2-7-23(21)30-24)25-18-26(32-28(31-25)33-12-15-37-16-13-33)38-14-10-20-5-3-4-11-34(20)36/h3-5,8-9,11,17-18,30H,1-2,6-7,10,12-16H2,(H,29,35). The first-order chi connectivity index (χ1) is 18.6. The summed E-state index contributed by atoms with van der Waals surface area (Å²) in [6.45, 7) is 2.62. The van der Waals surface area contributed by atoms with E-state index in [4.69, 9.17) is 9.47 Å². The summed E-state index contributed by atoms with van der Waals surface area (Å²) in [7, 11) is 0. The van der Waals surface area contributed by atoms with E-state index in [2.05, 4.69) is 20.3 Å². The first-order valence-corrected chi connectivity index (χ1v) is 13.1. The number of aromatic amines is 1. The van der Waals surface area contributed by atoms with Crippen LogP contribution in [0.15, 0.2) is 48.7 Å². The van der Waals surface area contributed by atoms with Gasteiger partial charge in [-0.3, -0.25) is 4.79 Å². The minimum Gasteiger partial charge on any atom is -0.619 e. The van der Waals surface area contributed by atoms with Crippen molar-refractivity contribution in [3.8, 4) is 5.88 Å². The van der Waals surface area contributed by atoms with Gasteiger partial charge < -0.3 is 29.9 Å². The number of aryl methyl sites for hydroxylation is 2. The molecular formula is C28H30N6O4. The third kappa shape index (κ3) is 5.12. The molecule has 0 bridgehead atoms. The molecule has 10 nitrogen and oxygen atoms in total. The lowest BCUT2D eigenvalue weighted by molar-refractivity contribution is -0.614. The molecule has 196 valence electrons. The van der Waals surface area contributed by atoms with E-state index in [-0.39, 0.29) is 24.1 Å². The SMILES string of the molecule is O=C(Nc1ccc2[nH]c3c(c2c1)CCCC3)c1cc(OCCc2cccc[n+]2[O-])nc(N2CCOCC2)n1. The number of amides is 1. The molecule has 2 aliphatic rings. The Kier molecular flexibility index (Phi) is 6.78. The van der Waals surface area contributed by atoms with E-state index in [0.29, 0.717) is 50.1 Å². The fourth-order valence-corrected chi connectivity index (χ4v) is 5.10. The molecular weight excluding hydrogens is 484 g/mol. The second kappa shape index (κ2) is 10.7. The van der Waals surface area contributed by atoms with Gasteiger partial charge in [0.1, 0.15) is 5.69 Å². The number of carbonyl (C=O) groups is 1. The maximum absolute atomic E-state index is 13.4. The summed E-state index contributed by atoms with van der Waals surface area (Å²) in [5, 5.41) is 16.1. The second-order valence-corrected chi connectivity index (χ2v) is 9.61. The normalized spacial score (nSPS) is 15.3. The molecule has 1 amide bonds. The van der Waals surface area contributed by atoms with Gasteiger partial charge in [0, 0.05) is 53.6 Å². The van der Waals surface area contributed by atoms with Crippen LogP contribution < -0.4 is 19.7 Å². The number of pyridine rings is 1. The Bertz CT molecular complexity index is 1460. The zero-order valence-corrected chi connectivity index (χ0v) is 21.1. The van der Waals surface area contributed by atoms with Crippen LogP contribution in [0.1, 0.15) is 40.3 Å². The van der Waals surface area contributed by atoms with Gasteiger partial charge in [-0.15, -0.1) is 0 Å². The number of carbonyl (C=O) groups excluding carboxylic acids is 1. The maximum Gasteiger partial charge on any atom is 0.274 e. The van der Waals surface area contributed by atoms with E-state index in [1.54, 1.807) is 18.2 Å². The van der Waals surface area contributed by atoms with Crippen molar-refractivity contribution < 1.29 is 19.0 Å². The average molecular weight is 515 g/mol. The van der Waals surface area contributed by atoms with E-state index in [9.17, 15) is 10.0 Å². The number of nitrogens with one attached hydrogen (secondary N) is 2. The molecule has 0 spiro atoms. The lowest BCUT2D eigenvalue weighted by atomic mass is 9.95. The van der Waals surface area contributed by atoms with Crippen molar-refractivity contribution in [1.82, 2.24) is 15.0 Å². The molecule has 0 saturated carbocycles. The van der Waals surface area contributed by atoms with Crippen molar-refractivity contribution in [2.75, 3.05) is 43.1 Å². The molecule has 1 fully saturated rings. The number of rotatable bonds is 7. The van der Waals surface area contributed by atoms with Gasteiger partial charge in [-0.1, -0.05) is 6.07 Å². The van der Waals surface area contributed by atoms with Crippen molar-refractivity contribution in [1.29, 1.82) is 0 Å². The van der Waals surface area contributed by atoms with E-state index < -0.39 is 0 Å². The van der Waals surface area contributed by atoms with Crippen LogP contribution in [0, 0.1) is 5.21 Å². The first kappa shape index (κ1) is 24.2. The van der Waals surface area contributed by atoms with Gasteiger partial charge in [-0.25, -0.2) is 4.98 Å². The molecule has 4 heterocycles. The predicted octanol–water partition coefficient (Wildman–Crippen LogP) is 3.18. The molecule has 1 saturated heterocycles. The Labute approximate surface area is 220 Å². The third-order valence-electron chi connectivity index (χ3n) is 7.09. The minimum atomic E-state index is -0.337. The molecule has 0 atom stereocenters. The van der Waals surface area contributed by atoms with Crippen LogP contribution in [0.3, 0.4) is 0 Å². The molecule has 3 aromatic heterocycles. The Morgan fingerprint density at radius 2 is 2.00 bits per heavy atom. The van der Waals surface area contributed by atoms with Gasteiger partial charge in [-0.05, 0) is 49.4 Å². The van der Waals surface area contributed by atoms with Crippen LogP contribution in [0.4, 0.5) is 11.6 Å². The summed E-state index contributed by atoms with van der Waals surface area (Å²) in [5.41, 5.74) is 5.28. The number of hydrogen-bond donors (Lipinski definition) is 2. The molecule has 0 radical (unpaired) electrons. The number of anilines is 2. The molecule has 2 N–H and O–H groups in total. The van der Waals surface area contributed by atoms with Crippen LogP contribution >= 0.6 is 0 Å². The average Bonchev–Trinajstić information content (AvgIpc) is 3.32. The highest BCUT2D eigenvalue weighted by Gasteiger charge is 2.20. The molecule has 10 heteroatoms. The topological polar surface area (TPSA) is 119 Å². The van der Waals surface area contributed by atoms with Crippen molar-refractivity contribution in [3.05, 3.63) is 76.5 Å². The molecule has 38 heavy (non-hydrogen) atoms. The van der Waals surface area contributed by atoms with Crippen LogP contribution in [0.25, 0.3) is 10.9 Å². The number of ether oxygens (including phenoxy) is 2. The quantitative estimate of drug-likeness (QED) is 0.287. The monoisotopic (exact) mass is 514 g/mol. The number of fused-ring (bicyclic) bond motifs is 3. The Morgan fingerprint density at radius 3 is 2.87 bits per heavy atom. The van der Waals surface area contributed by atoms with E-state index >= 15 is 0 Å². The number of nitrogens with zero attached hydrogens (tertiary/aromatic N) is 4. The maximum atomic E-state index is 13.4. The largest absolute Gasteiger partial charge is 0.619 e. The van der Waals surface area contributed by atoms with Crippen molar-refractivity contribution in [3.63, 3.8) is 0 Å². The van der Waals surface area contributed by atoms with Gasteiger partial charge in [0.05, 0.1) is 26.2 Å². The van der Waals surface area contributed by atoms with E-state index in [0.717, 1.165) is 28.5 Å². The highest BCUT2D eigenvalue weighted by Crippen LogP contribution is 2.31. The third-order valence-corrected chi connectivity index (χ3v) is 7.09. The predicted molar refractivity (Wildman–Crippen MR) is 143 cm³/mol. The summed E-state index contributed by atoms with van der Waals surface area (Å²) in [6, 6.07) is 12.8. The van der Waals surface area contributed by atoms with E-state index in [1.165, 1.54) is 30.3 Å². The van der Waals surface area contributed by atoms with E-state index in [1.807, 2.05) is 29.2 Å². The van der Waals surface area contributed by atoms with Crippen molar-refractivity contribution in [2.24, 2.45) is 0 Å². The summed E-state index contributed by atoms with van der Waals surface area (Å²) < 4.78 is 12.2. The summed E-state index contributed by atoms with van der Waals surface area (Å²) in [6.07, 6.45) is 6.37. The number of H-pyrrole nitrogens is 1. The van der Waals surface area contributed by atoms with Gasteiger partial charge in [0.15, 0.2) is 11.9 Å². The molecule has 1 aliphatic carbocycles. The molecule has 0 unspecified atom stereocenters. The number of benzene rings is 1. The number of aromatic nitrogens is 4. The Balaban J connectivity index is 1.23. The number of morpholine rings is 1. The molecule has 4 aromatic rings. The van der Waals surface area contributed by atoms with Crippen LogP contribution in [-0.2, 0) is 24.0 Å². The fourth-order valence-electron chi connectivity index (χ4n) is 5.10. The summed E-state index contributed by atoms with van der Waals surface area (Å²) >= 11 is 0. The van der Waals surface area contributed by atoms with Gasteiger partial charge in [0.2, 0.25) is 11.8 Å². The highest BCUT2D eigenvalue weighted by atomic mass is 16.5. The minimum absolute atomic E-state index is 0.214. The summed E-state index contributed by atoms with van der Waals surface area (Å²) in [5.74, 6) is 0.371. The zero-order valence-electron chi connectivity index (χ0n) is 21.1. The molecule has 6 rings (SSSR count). The smallest absolute Gasteiger partial charge is 0.274 e. The van der Waals surface area contributed by atoms with Crippen LogP contribution in [-0.4, -0.2) is 53.8 Å². The molecule has 1 aromatic carbocycles.